The van der Waals surface area contributed by atoms with Crippen LogP contribution >= 0.6 is 0 Å². The summed E-state index contributed by atoms with van der Waals surface area (Å²) in [6, 6.07) is 4.85. The highest BCUT2D eigenvalue weighted by Gasteiger charge is 2.67. The third-order valence-electron chi connectivity index (χ3n) is 7.88. The summed E-state index contributed by atoms with van der Waals surface area (Å²) in [6.07, 6.45) is -0.287. The molecule has 5 atom stereocenters. The number of ketones is 1. The highest BCUT2D eigenvalue weighted by molar-refractivity contribution is 6.74. The number of Topliss-reactive ketones (excluding diaryl/α,β-unsaturated/α-hetero) is 1. The number of β-lactam (4-membered cyclic amide) rings is 1. The Morgan fingerprint density at radius 2 is 1.81 bits per heavy atom. The second kappa shape index (κ2) is 8.06. The molecule has 2 fully saturated rings. The van der Waals surface area contributed by atoms with Crippen LogP contribution in [0.3, 0.4) is 0 Å². The van der Waals surface area contributed by atoms with Crippen molar-refractivity contribution in [2.24, 2.45) is 17.1 Å². The molecule has 1 aliphatic carbocycles. The molecular weight excluding hydrogens is 427 g/mol. The number of hydrogen-bond acceptors (Lipinski definition) is 4. The number of likely N-dealkylation sites (tertiary alicyclic amines) is 1. The normalized spacial score (nSPS) is 28.1. The van der Waals surface area contributed by atoms with E-state index in [2.05, 4.69) is 33.9 Å². The molecule has 1 spiro atoms. The third kappa shape index (κ3) is 3.81. The van der Waals surface area contributed by atoms with E-state index < -0.39 is 43.5 Å². The highest BCUT2D eigenvalue weighted by Crippen LogP contribution is 2.57. The maximum absolute atomic E-state index is 13.7. The molecule has 2 N–H and O–H groups in total. The molecule has 3 rings (SSSR count). The molecule has 176 valence electrons. The number of carbonyl (C=O) groups excluding carboxylic acids is 3. The van der Waals surface area contributed by atoms with Gasteiger partial charge in [-0.15, -0.1) is 0 Å². The Labute approximate surface area is 190 Å². The summed E-state index contributed by atoms with van der Waals surface area (Å²) >= 11 is 0. The number of halogens is 1. The van der Waals surface area contributed by atoms with Crippen LogP contribution in [-0.2, 0) is 18.8 Å². The molecule has 4 unspecified atom stereocenters. The minimum absolute atomic E-state index is 0.0293. The zero-order valence-corrected chi connectivity index (χ0v) is 21.1. The van der Waals surface area contributed by atoms with Gasteiger partial charge < -0.3 is 15.1 Å². The van der Waals surface area contributed by atoms with Crippen molar-refractivity contribution in [2.45, 2.75) is 77.2 Å². The first-order valence-corrected chi connectivity index (χ1v) is 14.1. The van der Waals surface area contributed by atoms with Crippen molar-refractivity contribution >= 4 is 25.9 Å². The van der Waals surface area contributed by atoms with Gasteiger partial charge in [0.2, 0.25) is 11.8 Å². The standard InChI is InChI=1S/C24H35FN2O4Si/c1-14-12-18(28)19(16-8-10-17(25)11-9-16)24(14)13-27(22(24)30)20(21(26)29)15(2)31-32(6,7)23(3,4)5/h8-11,14-15,19-20H,12-13H2,1-7H3,(H2,26,29)/t14?,15-,19?,20?,24?/m1/s1. The number of primary amides is 1. The number of nitrogens with zero attached hydrogens (tertiary/aromatic N) is 1. The number of rotatable bonds is 6. The SMILES string of the molecule is CC1CC(=O)C(c2ccc(F)cc2)C12CN(C(C(N)=O)[C@@H](C)O[Si](C)(C)C(C)(C)C)C2=O. The Morgan fingerprint density at radius 3 is 2.28 bits per heavy atom. The molecule has 8 heteroatoms. The van der Waals surface area contributed by atoms with E-state index in [0.717, 1.165) is 0 Å². The predicted octanol–water partition coefficient (Wildman–Crippen LogP) is 3.61. The maximum atomic E-state index is 13.7. The molecule has 1 heterocycles. The van der Waals surface area contributed by atoms with E-state index in [0.29, 0.717) is 5.56 Å². The molecule has 1 aliphatic heterocycles. The van der Waals surface area contributed by atoms with Crippen LogP contribution in [0.15, 0.2) is 24.3 Å². The molecular formula is C24H35FN2O4Si. The Kier molecular flexibility index (Phi) is 6.19. The average Bonchev–Trinajstić information content (AvgIpc) is 2.92. The van der Waals surface area contributed by atoms with E-state index in [1.165, 1.54) is 17.0 Å². The van der Waals surface area contributed by atoms with E-state index >= 15 is 0 Å². The van der Waals surface area contributed by atoms with E-state index in [-0.39, 0.29) is 35.6 Å². The van der Waals surface area contributed by atoms with Gasteiger partial charge in [0.25, 0.3) is 0 Å². The van der Waals surface area contributed by atoms with E-state index in [1.54, 1.807) is 19.1 Å². The van der Waals surface area contributed by atoms with Gasteiger partial charge in [-0.1, -0.05) is 39.8 Å². The minimum Gasteiger partial charge on any atom is -0.412 e. The van der Waals surface area contributed by atoms with Crippen LogP contribution in [0.2, 0.25) is 18.1 Å². The Bertz CT molecular complexity index is 927. The largest absolute Gasteiger partial charge is 0.412 e. The van der Waals surface area contributed by atoms with Crippen molar-refractivity contribution in [3.63, 3.8) is 0 Å². The Morgan fingerprint density at radius 1 is 1.25 bits per heavy atom. The molecule has 6 nitrogen and oxygen atoms in total. The number of benzene rings is 1. The fraction of sp³-hybridized carbons (Fsp3) is 0.625. The van der Waals surface area contributed by atoms with Gasteiger partial charge in [0, 0.05) is 13.0 Å². The molecule has 0 aromatic heterocycles. The molecule has 1 saturated heterocycles. The molecule has 0 bridgehead atoms. The average molecular weight is 463 g/mol. The zero-order chi connectivity index (χ0) is 24.2. The topological polar surface area (TPSA) is 89.7 Å². The summed E-state index contributed by atoms with van der Waals surface area (Å²) in [5, 5.41) is -0.0658. The molecule has 2 aliphatic rings. The van der Waals surface area contributed by atoms with Crippen molar-refractivity contribution in [3.8, 4) is 0 Å². The van der Waals surface area contributed by atoms with Gasteiger partial charge >= 0.3 is 0 Å². The van der Waals surface area contributed by atoms with E-state index in [4.69, 9.17) is 10.2 Å². The number of nitrogens with two attached hydrogens (primary N) is 1. The molecule has 1 aromatic carbocycles. The van der Waals surface area contributed by atoms with E-state index in [9.17, 15) is 18.8 Å². The molecule has 32 heavy (non-hydrogen) atoms. The second-order valence-corrected chi connectivity index (χ2v) is 15.7. The van der Waals surface area contributed by atoms with Crippen molar-refractivity contribution in [1.82, 2.24) is 4.90 Å². The smallest absolute Gasteiger partial charge is 0.242 e. The molecule has 2 amide bonds. The van der Waals surface area contributed by atoms with E-state index in [1.807, 2.05) is 6.92 Å². The first-order chi connectivity index (χ1) is 14.6. The Balaban J connectivity index is 1.90. The maximum Gasteiger partial charge on any atom is 0.242 e. The monoisotopic (exact) mass is 462 g/mol. The van der Waals surface area contributed by atoms with Crippen molar-refractivity contribution in [3.05, 3.63) is 35.6 Å². The Hall–Kier alpha value is -2.06. The summed E-state index contributed by atoms with van der Waals surface area (Å²) in [4.78, 5) is 40.5. The number of hydrogen-bond donors (Lipinski definition) is 1. The van der Waals surface area contributed by atoms with Crippen LogP contribution in [0.4, 0.5) is 4.39 Å². The van der Waals surface area contributed by atoms with Crippen LogP contribution in [-0.4, -0.2) is 49.5 Å². The third-order valence-corrected chi connectivity index (χ3v) is 12.5. The first kappa shape index (κ1) is 24.6. The van der Waals surface area contributed by atoms with Crippen molar-refractivity contribution in [2.75, 3.05) is 6.54 Å². The van der Waals surface area contributed by atoms with Crippen molar-refractivity contribution < 1.29 is 23.2 Å². The lowest BCUT2D eigenvalue weighted by Gasteiger charge is -2.55. The second-order valence-electron chi connectivity index (χ2n) is 11.0. The number of carbonyl (C=O) groups is 3. The molecule has 1 aromatic rings. The minimum atomic E-state index is -2.20. The summed E-state index contributed by atoms with van der Waals surface area (Å²) in [5.74, 6) is -2.12. The van der Waals surface area contributed by atoms with Crippen molar-refractivity contribution in [1.29, 1.82) is 0 Å². The van der Waals surface area contributed by atoms with Crippen LogP contribution in [0.5, 0.6) is 0 Å². The van der Waals surface area contributed by atoms with Crippen LogP contribution in [0, 0.1) is 17.2 Å². The zero-order valence-electron chi connectivity index (χ0n) is 20.1. The fourth-order valence-electron chi connectivity index (χ4n) is 5.06. The van der Waals surface area contributed by atoms with Gasteiger partial charge in [0.15, 0.2) is 8.32 Å². The van der Waals surface area contributed by atoms with Gasteiger partial charge in [-0.05, 0) is 48.7 Å². The number of amides is 2. The lowest BCUT2D eigenvalue weighted by Crippen LogP contribution is -2.72. The summed E-state index contributed by atoms with van der Waals surface area (Å²) in [6.45, 7) is 14.4. The lowest BCUT2D eigenvalue weighted by molar-refractivity contribution is -0.176. The quantitative estimate of drug-likeness (QED) is 0.517. The molecule has 1 saturated carbocycles. The summed E-state index contributed by atoms with van der Waals surface area (Å²) < 4.78 is 19.8. The lowest BCUT2D eigenvalue weighted by atomic mass is 9.63. The van der Waals surface area contributed by atoms with Crippen LogP contribution in [0.1, 0.15) is 52.5 Å². The van der Waals surface area contributed by atoms with Crippen LogP contribution < -0.4 is 5.73 Å². The highest BCUT2D eigenvalue weighted by atomic mass is 28.4. The summed E-state index contributed by atoms with van der Waals surface area (Å²) in [5.41, 5.74) is 5.45. The summed E-state index contributed by atoms with van der Waals surface area (Å²) in [7, 11) is -2.20. The van der Waals surface area contributed by atoms with Gasteiger partial charge in [-0.2, -0.15) is 0 Å². The van der Waals surface area contributed by atoms with Gasteiger partial charge in [0.05, 0.1) is 17.4 Å². The predicted molar refractivity (Wildman–Crippen MR) is 123 cm³/mol. The first-order valence-electron chi connectivity index (χ1n) is 11.2. The molecule has 0 radical (unpaired) electrons. The fourth-order valence-corrected chi connectivity index (χ4v) is 6.47. The van der Waals surface area contributed by atoms with Gasteiger partial charge in [-0.3, -0.25) is 14.4 Å². The van der Waals surface area contributed by atoms with Crippen LogP contribution in [0.25, 0.3) is 0 Å². The van der Waals surface area contributed by atoms with Gasteiger partial charge in [-0.25, -0.2) is 4.39 Å². The van der Waals surface area contributed by atoms with Gasteiger partial charge in [0.1, 0.15) is 17.6 Å².